The van der Waals surface area contributed by atoms with Crippen molar-refractivity contribution in [3.63, 3.8) is 0 Å². The van der Waals surface area contributed by atoms with Gasteiger partial charge in [0.2, 0.25) is 0 Å². The summed E-state index contributed by atoms with van der Waals surface area (Å²) in [4.78, 5) is 14.6. The number of imidazole rings is 1. The molecule has 3 rings (SSSR count). The lowest BCUT2D eigenvalue weighted by atomic mass is 10.2. The summed E-state index contributed by atoms with van der Waals surface area (Å²) in [6, 6.07) is 13.7. The molecule has 18 heavy (non-hydrogen) atoms. The number of nitrogens with one attached hydrogen (secondary N) is 1. The minimum Gasteiger partial charge on any atom is -0.306 e. The van der Waals surface area contributed by atoms with Gasteiger partial charge in [0.05, 0.1) is 17.6 Å². The lowest BCUT2D eigenvalue weighted by molar-refractivity contribution is 0.623. The SMILES string of the molecule is O=c1[nH]c2ccccc2n1Cc1cccc(F)c1. The van der Waals surface area contributed by atoms with Gasteiger partial charge in [-0.1, -0.05) is 24.3 Å². The standard InChI is InChI=1S/C14H11FN2O/c15-11-5-3-4-10(8-11)9-17-13-7-2-1-6-12(13)16-14(17)18/h1-8H,9H2,(H,16,18). The van der Waals surface area contributed by atoms with E-state index in [4.69, 9.17) is 0 Å². The van der Waals surface area contributed by atoms with Gasteiger partial charge in [0.1, 0.15) is 5.82 Å². The van der Waals surface area contributed by atoms with Crippen LogP contribution in [-0.4, -0.2) is 9.55 Å². The van der Waals surface area contributed by atoms with Crippen LogP contribution in [0.4, 0.5) is 4.39 Å². The van der Waals surface area contributed by atoms with E-state index in [0.717, 1.165) is 16.6 Å². The van der Waals surface area contributed by atoms with Gasteiger partial charge in [0, 0.05) is 0 Å². The van der Waals surface area contributed by atoms with Gasteiger partial charge < -0.3 is 4.98 Å². The molecule has 0 amide bonds. The van der Waals surface area contributed by atoms with E-state index in [2.05, 4.69) is 4.98 Å². The molecule has 0 aliphatic heterocycles. The summed E-state index contributed by atoms with van der Waals surface area (Å²) in [6.07, 6.45) is 0. The molecule has 0 saturated heterocycles. The summed E-state index contributed by atoms with van der Waals surface area (Å²) in [5.74, 6) is -0.291. The number of fused-ring (bicyclic) bond motifs is 1. The summed E-state index contributed by atoms with van der Waals surface area (Å²) in [6.45, 7) is 0.362. The Morgan fingerprint density at radius 2 is 1.94 bits per heavy atom. The zero-order chi connectivity index (χ0) is 12.5. The second-order valence-electron chi connectivity index (χ2n) is 4.16. The first-order valence-corrected chi connectivity index (χ1v) is 5.66. The van der Waals surface area contributed by atoms with Crippen LogP contribution in [0.15, 0.2) is 53.3 Å². The maximum Gasteiger partial charge on any atom is 0.326 e. The van der Waals surface area contributed by atoms with Crippen molar-refractivity contribution in [3.05, 3.63) is 70.4 Å². The fraction of sp³-hybridized carbons (Fsp3) is 0.0714. The maximum atomic E-state index is 13.1. The summed E-state index contributed by atoms with van der Waals surface area (Å²) in [7, 11) is 0. The molecule has 4 heteroatoms. The molecule has 0 aliphatic rings. The first-order valence-electron chi connectivity index (χ1n) is 5.66. The Bertz CT molecular complexity index is 758. The normalized spacial score (nSPS) is 10.9. The molecule has 2 aromatic carbocycles. The van der Waals surface area contributed by atoms with Crippen LogP contribution in [0.1, 0.15) is 5.56 Å². The van der Waals surface area contributed by atoms with Crippen LogP contribution in [-0.2, 0) is 6.54 Å². The molecule has 0 fully saturated rings. The van der Waals surface area contributed by atoms with Gasteiger partial charge in [-0.3, -0.25) is 4.57 Å². The van der Waals surface area contributed by atoms with E-state index >= 15 is 0 Å². The largest absolute Gasteiger partial charge is 0.326 e. The van der Waals surface area contributed by atoms with Gasteiger partial charge in [-0.25, -0.2) is 9.18 Å². The average Bonchev–Trinajstić information content (AvgIpc) is 2.66. The lowest BCUT2D eigenvalue weighted by Gasteiger charge is -2.03. The summed E-state index contributed by atoms with van der Waals surface area (Å²) < 4.78 is 14.7. The van der Waals surface area contributed by atoms with Crippen molar-refractivity contribution in [2.75, 3.05) is 0 Å². The van der Waals surface area contributed by atoms with Crippen LogP contribution in [0.3, 0.4) is 0 Å². The number of hydrogen-bond acceptors (Lipinski definition) is 1. The third kappa shape index (κ3) is 1.82. The summed E-state index contributed by atoms with van der Waals surface area (Å²) in [5.41, 5.74) is 2.20. The molecule has 0 unspecified atom stereocenters. The van der Waals surface area contributed by atoms with E-state index in [1.54, 1.807) is 16.7 Å². The fourth-order valence-electron chi connectivity index (χ4n) is 2.08. The van der Waals surface area contributed by atoms with E-state index in [-0.39, 0.29) is 11.5 Å². The van der Waals surface area contributed by atoms with E-state index in [1.165, 1.54) is 12.1 Å². The van der Waals surface area contributed by atoms with Gasteiger partial charge in [0.25, 0.3) is 0 Å². The number of hydrogen-bond donors (Lipinski definition) is 1. The fourth-order valence-corrected chi connectivity index (χ4v) is 2.08. The molecule has 1 N–H and O–H groups in total. The van der Waals surface area contributed by atoms with Gasteiger partial charge in [-0.05, 0) is 29.8 Å². The van der Waals surface area contributed by atoms with Crippen LogP contribution in [0.5, 0.6) is 0 Å². The van der Waals surface area contributed by atoms with Crippen molar-refractivity contribution in [3.8, 4) is 0 Å². The average molecular weight is 242 g/mol. The van der Waals surface area contributed by atoms with Crippen LogP contribution in [0.2, 0.25) is 0 Å². The van der Waals surface area contributed by atoms with Crippen molar-refractivity contribution in [2.45, 2.75) is 6.54 Å². The number of aromatic nitrogens is 2. The first-order chi connectivity index (χ1) is 8.74. The van der Waals surface area contributed by atoms with Gasteiger partial charge in [-0.15, -0.1) is 0 Å². The molecule has 90 valence electrons. The highest BCUT2D eigenvalue weighted by atomic mass is 19.1. The van der Waals surface area contributed by atoms with Crippen LogP contribution in [0.25, 0.3) is 11.0 Å². The quantitative estimate of drug-likeness (QED) is 0.736. The molecule has 3 nitrogen and oxygen atoms in total. The maximum absolute atomic E-state index is 13.1. The predicted molar refractivity (Wildman–Crippen MR) is 68.1 cm³/mol. The minimum absolute atomic E-state index is 0.180. The highest BCUT2D eigenvalue weighted by molar-refractivity contribution is 5.75. The third-order valence-corrected chi connectivity index (χ3v) is 2.91. The molecule has 3 aromatic rings. The Balaban J connectivity index is 2.10. The number of halogens is 1. The Kier molecular flexibility index (Phi) is 2.48. The first kappa shape index (κ1) is 10.8. The van der Waals surface area contributed by atoms with Crippen LogP contribution < -0.4 is 5.69 Å². The number of para-hydroxylation sites is 2. The van der Waals surface area contributed by atoms with Crippen molar-refractivity contribution in [2.24, 2.45) is 0 Å². The molecule has 0 saturated carbocycles. The second-order valence-corrected chi connectivity index (χ2v) is 4.16. The third-order valence-electron chi connectivity index (χ3n) is 2.91. The monoisotopic (exact) mass is 242 g/mol. The lowest BCUT2D eigenvalue weighted by Crippen LogP contribution is -2.17. The molecular formula is C14H11FN2O. The topological polar surface area (TPSA) is 37.8 Å². The Morgan fingerprint density at radius 1 is 1.11 bits per heavy atom. The molecular weight excluding hydrogens is 231 g/mol. The summed E-state index contributed by atoms with van der Waals surface area (Å²) in [5, 5.41) is 0. The van der Waals surface area contributed by atoms with Crippen LogP contribution >= 0.6 is 0 Å². The zero-order valence-electron chi connectivity index (χ0n) is 9.56. The Morgan fingerprint density at radius 3 is 2.78 bits per heavy atom. The molecule has 0 spiro atoms. The molecule has 0 radical (unpaired) electrons. The van der Waals surface area contributed by atoms with Crippen LogP contribution in [0, 0.1) is 5.82 Å². The molecule has 0 bridgehead atoms. The molecule has 0 aliphatic carbocycles. The Hall–Kier alpha value is -2.36. The molecule has 1 heterocycles. The number of benzene rings is 2. The van der Waals surface area contributed by atoms with E-state index in [1.807, 2.05) is 24.3 Å². The predicted octanol–water partition coefficient (Wildman–Crippen LogP) is 2.52. The van der Waals surface area contributed by atoms with Gasteiger partial charge >= 0.3 is 5.69 Å². The van der Waals surface area contributed by atoms with E-state index < -0.39 is 0 Å². The number of aromatic amines is 1. The zero-order valence-corrected chi connectivity index (χ0v) is 9.56. The Labute approximate surface area is 103 Å². The van der Waals surface area contributed by atoms with E-state index in [9.17, 15) is 9.18 Å². The highest BCUT2D eigenvalue weighted by Crippen LogP contribution is 2.12. The second kappa shape index (κ2) is 4.14. The van der Waals surface area contributed by atoms with Crippen molar-refractivity contribution in [1.82, 2.24) is 9.55 Å². The summed E-state index contributed by atoms with van der Waals surface area (Å²) >= 11 is 0. The number of H-pyrrole nitrogens is 1. The minimum atomic E-state index is -0.291. The van der Waals surface area contributed by atoms with Crippen molar-refractivity contribution >= 4 is 11.0 Å². The van der Waals surface area contributed by atoms with Gasteiger partial charge in [-0.2, -0.15) is 0 Å². The molecule has 0 atom stereocenters. The number of nitrogens with zero attached hydrogens (tertiary/aromatic N) is 1. The van der Waals surface area contributed by atoms with Gasteiger partial charge in [0.15, 0.2) is 0 Å². The van der Waals surface area contributed by atoms with Crippen molar-refractivity contribution < 1.29 is 4.39 Å². The van der Waals surface area contributed by atoms with Crippen molar-refractivity contribution in [1.29, 1.82) is 0 Å². The highest BCUT2D eigenvalue weighted by Gasteiger charge is 2.06. The van der Waals surface area contributed by atoms with E-state index in [0.29, 0.717) is 6.54 Å². The smallest absolute Gasteiger partial charge is 0.306 e. The molecule has 1 aromatic heterocycles. The number of rotatable bonds is 2.